The summed E-state index contributed by atoms with van der Waals surface area (Å²) in [6.45, 7) is 4.88. The highest BCUT2D eigenvalue weighted by molar-refractivity contribution is 6.03. The third-order valence-electron chi connectivity index (χ3n) is 3.26. The van der Waals surface area contributed by atoms with Crippen LogP contribution in [0.15, 0.2) is 0 Å². The maximum Gasteiger partial charge on any atom is 0.417 e. The second-order valence-corrected chi connectivity index (χ2v) is 6.29. The number of carbonyl (C=O) groups is 5. The molecule has 0 aromatic rings. The summed E-state index contributed by atoms with van der Waals surface area (Å²) in [6.07, 6.45) is -1.01. The molecule has 0 aromatic heterocycles. The number of hydroxylamine groups is 2. The van der Waals surface area contributed by atoms with Gasteiger partial charge in [0.25, 0.3) is 11.8 Å². The van der Waals surface area contributed by atoms with E-state index in [2.05, 4.69) is 0 Å². The van der Waals surface area contributed by atoms with Crippen molar-refractivity contribution in [3.63, 3.8) is 0 Å². The predicted molar refractivity (Wildman–Crippen MR) is 73.3 cm³/mol. The van der Waals surface area contributed by atoms with Gasteiger partial charge in [-0.15, -0.1) is 5.06 Å². The van der Waals surface area contributed by atoms with Crippen molar-refractivity contribution in [1.29, 1.82) is 0 Å². The quantitative estimate of drug-likeness (QED) is 0.680. The third kappa shape index (κ3) is 3.66. The normalized spacial score (nSPS) is 21.9. The van der Waals surface area contributed by atoms with Crippen LogP contribution in [-0.2, 0) is 28.8 Å². The third-order valence-corrected chi connectivity index (χ3v) is 3.26. The number of amides is 4. The summed E-state index contributed by atoms with van der Waals surface area (Å²) in [5, 5.41) is 0.387. The van der Waals surface area contributed by atoms with Crippen LogP contribution in [0.4, 0.5) is 4.79 Å². The maximum absolute atomic E-state index is 12.1. The van der Waals surface area contributed by atoms with Crippen LogP contribution in [0.2, 0.25) is 0 Å². The average molecular weight is 326 g/mol. The number of rotatable bonds is 2. The van der Waals surface area contributed by atoms with E-state index < -0.39 is 41.4 Å². The van der Waals surface area contributed by atoms with Gasteiger partial charge >= 0.3 is 12.1 Å². The lowest BCUT2D eigenvalue weighted by Crippen LogP contribution is -2.48. The fourth-order valence-corrected chi connectivity index (χ4v) is 2.26. The van der Waals surface area contributed by atoms with Crippen molar-refractivity contribution in [1.82, 2.24) is 9.96 Å². The van der Waals surface area contributed by atoms with Gasteiger partial charge in [0.05, 0.1) is 0 Å². The van der Waals surface area contributed by atoms with E-state index in [4.69, 9.17) is 9.57 Å². The van der Waals surface area contributed by atoms with Crippen LogP contribution in [-0.4, -0.2) is 51.4 Å². The van der Waals surface area contributed by atoms with Crippen molar-refractivity contribution >= 4 is 29.8 Å². The predicted octanol–water partition coefficient (Wildman–Crippen LogP) is 0.520. The van der Waals surface area contributed by atoms with Gasteiger partial charge in [-0.2, -0.15) is 0 Å². The molecule has 0 unspecified atom stereocenters. The maximum atomic E-state index is 12.1. The highest BCUT2D eigenvalue weighted by Crippen LogP contribution is 2.24. The van der Waals surface area contributed by atoms with Crippen molar-refractivity contribution in [3.8, 4) is 0 Å². The zero-order valence-corrected chi connectivity index (χ0v) is 13.2. The van der Waals surface area contributed by atoms with Crippen LogP contribution in [0.5, 0.6) is 0 Å². The Labute approximate surface area is 132 Å². The number of imide groups is 2. The van der Waals surface area contributed by atoms with E-state index in [1.807, 2.05) is 0 Å². The molecule has 0 N–H and O–H groups in total. The molecular formula is C14H18N2O7. The minimum atomic E-state index is -1.21. The molecule has 2 heterocycles. The van der Waals surface area contributed by atoms with Crippen molar-refractivity contribution in [2.45, 2.75) is 58.1 Å². The molecule has 2 aliphatic heterocycles. The van der Waals surface area contributed by atoms with Crippen molar-refractivity contribution in [2.75, 3.05) is 0 Å². The van der Waals surface area contributed by atoms with Crippen LogP contribution in [0, 0.1) is 0 Å². The molecule has 126 valence electrons. The molecule has 9 nitrogen and oxygen atoms in total. The Morgan fingerprint density at radius 1 is 1.00 bits per heavy atom. The number of hydrogen-bond donors (Lipinski definition) is 0. The van der Waals surface area contributed by atoms with E-state index in [1.165, 1.54) is 0 Å². The molecule has 4 amide bonds. The van der Waals surface area contributed by atoms with Crippen LogP contribution in [0.25, 0.3) is 0 Å². The second kappa shape index (κ2) is 5.98. The van der Waals surface area contributed by atoms with Crippen molar-refractivity contribution < 1.29 is 33.5 Å². The number of nitrogens with zero attached hydrogens (tertiary/aromatic N) is 2. The van der Waals surface area contributed by atoms with Crippen LogP contribution >= 0.6 is 0 Å². The highest BCUT2D eigenvalue weighted by Gasteiger charge is 2.45. The standard InChI is InChI=1S/C14H18N2O7/c1-14(2,3)22-13(21)15-8(4-5-9(15)17)12(20)23-16-10(18)6-7-11(16)19/h8H,4-7H2,1-3H3/t8-/m0/s1. The Balaban J connectivity index is 2.09. The highest BCUT2D eigenvalue weighted by atomic mass is 16.7. The molecule has 23 heavy (non-hydrogen) atoms. The molecule has 0 bridgehead atoms. The molecule has 0 radical (unpaired) electrons. The van der Waals surface area contributed by atoms with E-state index in [-0.39, 0.29) is 25.7 Å². The molecule has 2 saturated heterocycles. The Hall–Kier alpha value is -2.45. The minimum Gasteiger partial charge on any atom is -0.443 e. The zero-order chi connectivity index (χ0) is 17.4. The summed E-state index contributed by atoms with van der Waals surface area (Å²) < 4.78 is 5.10. The lowest BCUT2D eigenvalue weighted by Gasteiger charge is -2.26. The summed E-state index contributed by atoms with van der Waals surface area (Å²) in [7, 11) is 0. The SMILES string of the molecule is CC(C)(C)OC(=O)N1C(=O)CC[C@H]1C(=O)ON1C(=O)CCC1=O. The van der Waals surface area contributed by atoms with Gasteiger partial charge < -0.3 is 9.57 Å². The molecule has 2 aliphatic rings. The smallest absolute Gasteiger partial charge is 0.417 e. The van der Waals surface area contributed by atoms with Gasteiger partial charge in [-0.05, 0) is 27.2 Å². The number of ether oxygens (including phenoxy) is 1. The van der Waals surface area contributed by atoms with Crippen LogP contribution in [0.3, 0.4) is 0 Å². The van der Waals surface area contributed by atoms with E-state index >= 15 is 0 Å². The molecule has 0 saturated carbocycles. The molecule has 0 aromatic carbocycles. The van der Waals surface area contributed by atoms with E-state index in [0.29, 0.717) is 9.96 Å². The molecule has 2 fully saturated rings. The van der Waals surface area contributed by atoms with Gasteiger partial charge in [0, 0.05) is 19.3 Å². The summed E-state index contributed by atoms with van der Waals surface area (Å²) in [5.74, 6) is -2.83. The van der Waals surface area contributed by atoms with Gasteiger partial charge in [-0.25, -0.2) is 14.5 Å². The lowest BCUT2D eigenvalue weighted by atomic mass is 10.2. The van der Waals surface area contributed by atoms with Gasteiger partial charge in [0.1, 0.15) is 11.6 Å². The number of likely N-dealkylation sites (tertiary alicyclic amines) is 1. The first-order valence-corrected chi connectivity index (χ1v) is 7.23. The monoisotopic (exact) mass is 326 g/mol. The van der Waals surface area contributed by atoms with Gasteiger partial charge in [0.2, 0.25) is 5.91 Å². The van der Waals surface area contributed by atoms with E-state index in [0.717, 1.165) is 0 Å². The minimum absolute atomic E-state index is 0.0269. The first kappa shape index (κ1) is 16.9. The Morgan fingerprint density at radius 2 is 1.57 bits per heavy atom. The van der Waals surface area contributed by atoms with Gasteiger partial charge in [-0.1, -0.05) is 0 Å². The Kier molecular flexibility index (Phi) is 4.39. The Morgan fingerprint density at radius 3 is 2.09 bits per heavy atom. The summed E-state index contributed by atoms with van der Waals surface area (Å²) in [4.78, 5) is 64.4. The number of carbonyl (C=O) groups excluding carboxylic acids is 5. The van der Waals surface area contributed by atoms with Crippen LogP contribution < -0.4 is 0 Å². The lowest BCUT2D eigenvalue weighted by molar-refractivity contribution is -0.200. The fourth-order valence-electron chi connectivity index (χ4n) is 2.26. The van der Waals surface area contributed by atoms with Crippen molar-refractivity contribution in [3.05, 3.63) is 0 Å². The van der Waals surface area contributed by atoms with Gasteiger partial charge in [-0.3, -0.25) is 14.4 Å². The van der Waals surface area contributed by atoms with Gasteiger partial charge in [0.15, 0.2) is 0 Å². The number of hydrogen-bond acceptors (Lipinski definition) is 7. The topological polar surface area (TPSA) is 110 Å². The van der Waals surface area contributed by atoms with E-state index in [9.17, 15) is 24.0 Å². The Bertz CT molecular complexity index is 562. The molecule has 0 spiro atoms. The molecule has 9 heteroatoms. The largest absolute Gasteiger partial charge is 0.443 e. The zero-order valence-electron chi connectivity index (χ0n) is 13.2. The molecule has 2 rings (SSSR count). The average Bonchev–Trinajstić information content (AvgIpc) is 2.94. The van der Waals surface area contributed by atoms with Crippen LogP contribution in [0.1, 0.15) is 46.5 Å². The second-order valence-electron chi connectivity index (χ2n) is 6.29. The molecule has 0 aliphatic carbocycles. The summed E-state index contributed by atoms with van der Waals surface area (Å²) >= 11 is 0. The molecule has 1 atom stereocenters. The van der Waals surface area contributed by atoms with Crippen molar-refractivity contribution in [2.24, 2.45) is 0 Å². The fraction of sp³-hybridized carbons (Fsp3) is 0.643. The first-order valence-electron chi connectivity index (χ1n) is 7.23. The van der Waals surface area contributed by atoms with E-state index in [1.54, 1.807) is 20.8 Å². The summed E-state index contributed by atoms with van der Waals surface area (Å²) in [6, 6.07) is -1.21. The molecular weight excluding hydrogens is 308 g/mol. The summed E-state index contributed by atoms with van der Waals surface area (Å²) in [5.41, 5.74) is -0.838. The first-order chi connectivity index (χ1) is 10.6.